The van der Waals surface area contributed by atoms with Crippen LogP contribution in [-0.2, 0) is 6.54 Å². The van der Waals surface area contributed by atoms with E-state index in [-0.39, 0.29) is 0 Å². The third-order valence-corrected chi connectivity index (χ3v) is 3.02. The van der Waals surface area contributed by atoms with E-state index in [9.17, 15) is 0 Å². The number of halogens is 1. The molecule has 0 fully saturated rings. The first-order chi connectivity index (χ1) is 9.63. The molecular weight excluding hydrogens is 272 g/mol. The number of hydrogen-bond donors (Lipinski definition) is 2. The molecule has 2 rings (SSSR count). The van der Waals surface area contributed by atoms with Crippen LogP contribution < -0.4 is 10.6 Å². The summed E-state index contributed by atoms with van der Waals surface area (Å²) >= 11 is 5.94. The summed E-state index contributed by atoms with van der Waals surface area (Å²) in [6, 6.07) is 9.82. The van der Waals surface area contributed by atoms with Crippen molar-refractivity contribution < 1.29 is 0 Å². The van der Waals surface area contributed by atoms with Crippen LogP contribution in [0.1, 0.15) is 17.0 Å². The van der Waals surface area contributed by atoms with Gasteiger partial charge in [0.1, 0.15) is 0 Å². The van der Waals surface area contributed by atoms with Crippen molar-refractivity contribution in [1.29, 1.82) is 0 Å². The SMILES string of the molecule is Cc1cc(C)nc(NCCNCc2cccc(Cl)c2)n1. The molecule has 2 aromatic rings. The average Bonchev–Trinajstić information content (AvgIpc) is 2.37. The molecule has 0 saturated carbocycles. The highest BCUT2D eigenvalue weighted by Gasteiger charge is 1.98. The lowest BCUT2D eigenvalue weighted by Crippen LogP contribution is -2.22. The molecule has 106 valence electrons. The third kappa shape index (κ3) is 4.79. The van der Waals surface area contributed by atoms with Crippen LogP contribution in [0.5, 0.6) is 0 Å². The van der Waals surface area contributed by atoms with Gasteiger partial charge in [0.25, 0.3) is 0 Å². The second-order valence-corrected chi connectivity index (χ2v) is 5.14. The summed E-state index contributed by atoms with van der Waals surface area (Å²) in [7, 11) is 0. The summed E-state index contributed by atoms with van der Waals surface area (Å²) in [4.78, 5) is 8.67. The maximum atomic E-state index is 5.94. The van der Waals surface area contributed by atoms with Gasteiger partial charge in [-0.15, -0.1) is 0 Å². The van der Waals surface area contributed by atoms with E-state index in [4.69, 9.17) is 11.6 Å². The molecule has 0 bridgehead atoms. The highest BCUT2D eigenvalue weighted by molar-refractivity contribution is 6.30. The molecule has 20 heavy (non-hydrogen) atoms. The van der Waals surface area contributed by atoms with Crippen LogP contribution in [0.3, 0.4) is 0 Å². The van der Waals surface area contributed by atoms with Gasteiger partial charge in [-0.25, -0.2) is 9.97 Å². The number of anilines is 1. The van der Waals surface area contributed by atoms with Crippen molar-refractivity contribution >= 4 is 17.5 Å². The van der Waals surface area contributed by atoms with Crippen LogP contribution in [-0.4, -0.2) is 23.1 Å². The van der Waals surface area contributed by atoms with E-state index in [2.05, 4.69) is 26.7 Å². The van der Waals surface area contributed by atoms with Crippen LogP contribution in [0.2, 0.25) is 5.02 Å². The number of benzene rings is 1. The normalized spacial score (nSPS) is 10.6. The first-order valence-corrected chi connectivity index (χ1v) is 7.02. The third-order valence-electron chi connectivity index (χ3n) is 2.79. The highest BCUT2D eigenvalue weighted by Crippen LogP contribution is 2.10. The number of aromatic nitrogens is 2. The van der Waals surface area contributed by atoms with Gasteiger partial charge in [-0.05, 0) is 37.6 Å². The monoisotopic (exact) mass is 290 g/mol. The summed E-state index contributed by atoms with van der Waals surface area (Å²) in [5.74, 6) is 0.687. The summed E-state index contributed by atoms with van der Waals surface area (Å²) < 4.78 is 0. The van der Waals surface area contributed by atoms with Gasteiger partial charge in [0.2, 0.25) is 5.95 Å². The molecule has 0 amide bonds. The molecule has 0 aliphatic heterocycles. The smallest absolute Gasteiger partial charge is 0.223 e. The molecule has 2 N–H and O–H groups in total. The lowest BCUT2D eigenvalue weighted by molar-refractivity contribution is 0.704. The van der Waals surface area contributed by atoms with Gasteiger partial charge in [0, 0.05) is 36.0 Å². The summed E-state index contributed by atoms with van der Waals surface area (Å²) in [5.41, 5.74) is 3.14. The number of aryl methyl sites for hydroxylation is 2. The fourth-order valence-electron chi connectivity index (χ4n) is 1.95. The fraction of sp³-hybridized carbons (Fsp3) is 0.333. The Hall–Kier alpha value is -1.65. The predicted octanol–water partition coefficient (Wildman–Crippen LogP) is 2.95. The Kier molecular flexibility index (Phi) is 5.32. The van der Waals surface area contributed by atoms with Crippen molar-refractivity contribution in [2.45, 2.75) is 20.4 Å². The molecule has 0 aliphatic rings. The Morgan fingerprint density at radius 1 is 1.05 bits per heavy atom. The first kappa shape index (κ1) is 14.8. The zero-order valence-corrected chi connectivity index (χ0v) is 12.5. The fourth-order valence-corrected chi connectivity index (χ4v) is 2.16. The summed E-state index contributed by atoms with van der Waals surface area (Å²) in [5, 5.41) is 7.33. The maximum Gasteiger partial charge on any atom is 0.223 e. The van der Waals surface area contributed by atoms with E-state index in [1.807, 2.05) is 38.1 Å². The lowest BCUT2D eigenvalue weighted by Gasteiger charge is -2.08. The molecule has 0 spiro atoms. The van der Waals surface area contributed by atoms with Crippen molar-refractivity contribution in [2.75, 3.05) is 18.4 Å². The van der Waals surface area contributed by atoms with Gasteiger partial charge in [0.15, 0.2) is 0 Å². The summed E-state index contributed by atoms with van der Waals surface area (Å²) in [6.45, 7) is 6.36. The number of hydrogen-bond acceptors (Lipinski definition) is 4. The number of rotatable bonds is 6. The lowest BCUT2D eigenvalue weighted by atomic mass is 10.2. The van der Waals surface area contributed by atoms with Crippen molar-refractivity contribution in [1.82, 2.24) is 15.3 Å². The Balaban J connectivity index is 1.71. The second-order valence-electron chi connectivity index (χ2n) is 4.71. The molecule has 4 nitrogen and oxygen atoms in total. The molecule has 0 aliphatic carbocycles. The van der Waals surface area contributed by atoms with Crippen molar-refractivity contribution in [3.05, 3.63) is 52.3 Å². The minimum absolute atomic E-state index is 0.687. The zero-order chi connectivity index (χ0) is 14.4. The van der Waals surface area contributed by atoms with Crippen molar-refractivity contribution in [3.63, 3.8) is 0 Å². The molecule has 0 saturated heterocycles. The van der Waals surface area contributed by atoms with E-state index in [0.717, 1.165) is 36.0 Å². The molecule has 0 unspecified atom stereocenters. The van der Waals surface area contributed by atoms with E-state index >= 15 is 0 Å². The molecular formula is C15H19ClN4. The van der Waals surface area contributed by atoms with E-state index in [1.54, 1.807) is 0 Å². The van der Waals surface area contributed by atoms with Gasteiger partial charge in [-0.2, -0.15) is 0 Å². The Morgan fingerprint density at radius 2 is 1.80 bits per heavy atom. The summed E-state index contributed by atoms with van der Waals surface area (Å²) in [6.07, 6.45) is 0. The molecule has 1 aromatic heterocycles. The van der Waals surface area contributed by atoms with Crippen molar-refractivity contribution in [3.8, 4) is 0 Å². The van der Waals surface area contributed by atoms with E-state index in [1.165, 1.54) is 5.56 Å². The standard InChI is InChI=1S/C15H19ClN4/c1-11-8-12(2)20-15(19-11)18-7-6-17-10-13-4-3-5-14(16)9-13/h3-5,8-9,17H,6-7,10H2,1-2H3,(H,18,19,20). The molecule has 0 radical (unpaired) electrons. The minimum Gasteiger partial charge on any atom is -0.353 e. The van der Waals surface area contributed by atoms with Gasteiger partial charge < -0.3 is 10.6 Å². The Labute approximate surface area is 124 Å². The van der Waals surface area contributed by atoms with Gasteiger partial charge in [-0.1, -0.05) is 23.7 Å². The largest absolute Gasteiger partial charge is 0.353 e. The molecule has 1 heterocycles. The highest BCUT2D eigenvalue weighted by atomic mass is 35.5. The number of nitrogens with zero attached hydrogens (tertiary/aromatic N) is 2. The topological polar surface area (TPSA) is 49.8 Å². The van der Waals surface area contributed by atoms with Gasteiger partial charge >= 0.3 is 0 Å². The van der Waals surface area contributed by atoms with Gasteiger partial charge in [0.05, 0.1) is 0 Å². The maximum absolute atomic E-state index is 5.94. The average molecular weight is 291 g/mol. The zero-order valence-electron chi connectivity index (χ0n) is 11.8. The quantitative estimate of drug-likeness (QED) is 0.803. The van der Waals surface area contributed by atoms with Crippen LogP contribution in [0.15, 0.2) is 30.3 Å². The molecule has 0 atom stereocenters. The van der Waals surface area contributed by atoms with E-state index in [0.29, 0.717) is 5.95 Å². The van der Waals surface area contributed by atoms with Crippen LogP contribution >= 0.6 is 11.6 Å². The van der Waals surface area contributed by atoms with Crippen molar-refractivity contribution in [2.24, 2.45) is 0 Å². The van der Waals surface area contributed by atoms with Gasteiger partial charge in [-0.3, -0.25) is 0 Å². The minimum atomic E-state index is 0.687. The van der Waals surface area contributed by atoms with E-state index < -0.39 is 0 Å². The second kappa shape index (κ2) is 7.22. The van der Waals surface area contributed by atoms with Crippen LogP contribution in [0.25, 0.3) is 0 Å². The van der Waals surface area contributed by atoms with Crippen LogP contribution in [0.4, 0.5) is 5.95 Å². The molecule has 5 heteroatoms. The Morgan fingerprint density at radius 3 is 2.50 bits per heavy atom. The predicted molar refractivity (Wildman–Crippen MR) is 83.2 cm³/mol. The first-order valence-electron chi connectivity index (χ1n) is 6.65. The Bertz CT molecular complexity index is 551. The van der Waals surface area contributed by atoms with Crippen LogP contribution in [0, 0.1) is 13.8 Å². The number of nitrogens with one attached hydrogen (secondary N) is 2. The molecule has 1 aromatic carbocycles.